The van der Waals surface area contributed by atoms with E-state index in [1.54, 1.807) is 17.0 Å². The maximum atomic E-state index is 11.5. The van der Waals surface area contributed by atoms with E-state index in [4.69, 9.17) is 9.31 Å². The first-order chi connectivity index (χ1) is 12.1. The molecule has 0 saturated carbocycles. The Labute approximate surface area is 154 Å². The number of nitro benzene ring substituents is 1. The highest BCUT2D eigenvalue weighted by Crippen LogP contribution is 2.37. The van der Waals surface area contributed by atoms with E-state index in [1.807, 2.05) is 65.1 Å². The summed E-state index contributed by atoms with van der Waals surface area (Å²) < 4.78 is 12.2. The number of hydrogen-bond donors (Lipinski definition) is 0. The van der Waals surface area contributed by atoms with Crippen LogP contribution in [0.1, 0.15) is 27.7 Å². The van der Waals surface area contributed by atoms with Gasteiger partial charge < -0.3 is 14.2 Å². The lowest BCUT2D eigenvalue weighted by Gasteiger charge is -2.32. The third kappa shape index (κ3) is 3.20. The number of anilines is 2. The summed E-state index contributed by atoms with van der Waals surface area (Å²) in [6.45, 7) is 7.93. The number of nitro groups is 1. The lowest BCUT2D eigenvalue weighted by Crippen LogP contribution is -2.41. The highest BCUT2D eigenvalue weighted by Gasteiger charge is 2.51. The lowest BCUT2D eigenvalue weighted by atomic mass is 9.78. The van der Waals surface area contributed by atoms with E-state index in [9.17, 15) is 10.1 Å². The Morgan fingerprint density at radius 1 is 1.00 bits per heavy atom. The summed E-state index contributed by atoms with van der Waals surface area (Å²) in [5.74, 6) is 0. The van der Waals surface area contributed by atoms with Crippen molar-refractivity contribution in [2.45, 2.75) is 38.9 Å². The quantitative estimate of drug-likeness (QED) is 0.476. The molecule has 1 heterocycles. The van der Waals surface area contributed by atoms with Gasteiger partial charge in [-0.05, 0) is 51.4 Å². The van der Waals surface area contributed by atoms with Crippen LogP contribution >= 0.6 is 0 Å². The minimum absolute atomic E-state index is 0.0385. The largest absolute Gasteiger partial charge is 0.494 e. The van der Waals surface area contributed by atoms with E-state index in [2.05, 4.69) is 0 Å². The smallest absolute Gasteiger partial charge is 0.399 e. The molecule has 0 aromatic heterocycles. The summed E-state index contributed by atoms with van der Waals surface area (Å²) in [4.78, 5) is 12.9. The zero-order chi connectivity index (χ0) is 19.1. The van der Waals surface area contributed by atoms with Crippen LogP contribution in [0.3, 0.4) is 0 Å². The molecule has 1 saturated heterocycles. The van der Waals surface area contributed by atoms with Gasteiger partial charge in [-0.3, -0.25) is 10.1 Å². The summed E-state index contributed by atoms with van der Waals surface area (Å²) in [5.41, 5.74) is 1.22. The summed E-state index contributed by atoms with van der Waals surface area (Å²) in [7, 11) is 1.25. The lowest BCUT2D eigenvalue weighted by molar-refractivity contribution is -0.384. The van der Waals surface area contributed by atoms with Crippen LogP contribution in [0.15, 0.2) is 48.5 Å². The summed E-state index contributed by atoms with van der Waals surface area (Å²) in [6, 6.07) is 14.5. The first kappa shape index (κ1) is 18.4. The average Bonchev–Trinajstić information content (AvgIpc) is 2.82. The third-order valence-corrected chi connectivity index (χ3v) is 5.23. The van der Waals surface area contributed by atoms with Gasteiger partial charge in [0.15, 0.2) is 0 Å². The average molecular weight is 354 g/mol. The van der Waals surface area contributed by atoms with Gasteiger partial charge in [0.05, 0.1) is 16.1 Å². The minimum Gasteiger partial charge on any atom is -0.399 e. The van der Waals surface area contributed by atoms with Crippen LogP contribution in [0.25, 0.3) is 0 Å². The van der Waals surface area contributed by atoms with Gasteiger partial charge in [0.1, 0.15) is 5.69 Å². The molecule has 2 aromatic rings. The van der Waals surface area contributed by atoms with Gasteiger partial charge in [0.25, 0.3) is 5.69 Å². The van der Waals surface area contributed by atoms with Gasteiger partial charge in [0, 0.05) is 18.8 Å². The van der Waals surface area contributed by atoms with Gasteiger partial charge >= 0.3 is 7.12 Å². The molecule has 7 heteroatoms. The molecule has 1 fully saturated rings. The molecule has 0 aliphatic carbocycles. The normalized spacial score (nSPS) is 18.0. The van der Waals surface area contributed by atoms with Gasteiger partial charge in [-0.25, -0.2) is 0 Å². The molecule has 1 aliphatic heterocycles. The van der Waals surface area contributed by atoms with Gasteiger partial charge in [-0.15, -0.1) is 0 Å². The number of benzene rings is 2. The van der Waals surface area contributed by atoms with Crippen molar-refractivity contribution in [2.75, 3.05) is 11.9 Å². The molecule has 0 unspecified atom stereocenters. The first-order valence-corrected chi connectivity index (χ1v) is 8.55. The Morgan fingerprint density at radius 2 is 1.58 bits per heavy atom. The second-order valence-corrected chi connectivity index (χ2v) is 7.49. The Morgan fingerprint density at radius 3 is 2.12 bits per heavy atom. The fourth-order valence-electron chi connectivity index (χ4n) is 2.88. The van der Waals surface area contributed by atoms with Crippen LogP contribution in [-0.4, -0.2) is 30.3 Å². The van der Waals surface area contributed by atoms with E-state index in [1.165, 1.54) is 6.07 Å². The Bertz CT molecular complexity index is 808. The van der Waals surface area contributed by atoms with Crippen molar-refractivity contribution in [1.82, 2.24) is 0 Å². The van der Waals surface area contributed by atoms with Crippen molar-refractivity contribution >= 4 is 29.6 Å². The molecular weight excluding hydrogens is 331 g/mol. The van der Waals surface area contributed by atoms with Crippen molar-refractivity contribution in [1.29, 1.82) is 0 Å². The third-order valence-electron chi connectivity index (χ3n) is 5.23. The van der Waals surface area contributed by atoms with Crippen LogP contribution in [-0.2, 0) is 9.31 Å². The molecular formula is C19H23BN2O4. The molecule has 26 heavy (non-hydrogen) atoms. The maximum Gasteiger partial charge on any atom is 0.494 e. The van der Waals surface area contributed by atoms with Crippen LogP contribution < -0.4 is 10.4 Å². The number of nitrogens with zero attached hydrogens (tertiary/aromatic N) is 2. The van der Waals surface area contributed by atoms with Crippen molar-refractivity contribution in [3.63, 3.8) is 0 Å². The molecule has 2 aromatic carbocycles. The van der Waals surface area contributed by atoms with Crippen LogP contribution in [0.2, 0.25) is 0 Å². The Kier molecular flexibility index (Phi) is 4.54. The Balaban J connectivity index is 2.02. The molecule has 136 valence electrons. The van der Waals surface area contributed by atoms with E-state index in [-0.39, 0.29) is 10.6 Å². The number of hydrogen-bond acceptors (Lipinski definition) is 5. The predicted octanol–water partition coefficient (Wildman–Crippen LogP) is 3.66. The molecule has 6 nitrogen and oxygen atoms in total. The van der Waals surface area contributed by atoms with E-state index in [0.717, 1.165) is 11.2 Å². The van der Waals surface area contributed by atoms with E-state index >= 15 is 0 Å². The van der Waals surface area contributed by atoms with Crippen molar-refractivity contribution in [3.05, 3.63) is 58.6 Å². The predicted molar refractivity (Wildman–Crippen MR) is 103 cm³/mol. The van der Waals surface area contributed by atoms with Crippen LogP contribution in [0, 0.1) is 10.1 Å². The SMILES string of the molecule is CN(c1ccccc1)c1cc(B2OC(C)(C)C(C)(C)O2)ccc1[N+](=O)[O-]. The van der Waals surface area contributed by atoms with Crippen molar-refractivity contribution in [3.8, 4) is 0 Å². The molecule has 0 atom stereocenters. The van der Waals surface area contributed by atoms with Gasteiger partial charge in [0.2, 0.25) is 0 Å². The number of para-hydroxylation sites is 1. The molecule has 0 amide bonds. The monoisotopic (exact) mass is 354 g/mol. The molecule has 0 radical (unpaired) electrons. The van der Waals surface area contributed by atoms with E-state index in [0.29, 0.717) is 5.69 Å². The van der Waals surface area contributed by atoms with Crippen molar-refractivity contribution in [2.24, 2.45) is 0 Å². The van der Waals surface area contributed by atoms with Crippen molar-refractivity contribution < 1.29 is 14.2 Å². The Hall–Kier alpha value is -2.38. The molecule has 3 rings (SSSR count). The maximum absolute atomic E-state index is 11.5. The van der Waals surface area contributed by atoms with Crippen LogP contribution in [0.5, 0.6) is 0 Å². The molecule has 1 aliphatic rings. The topological polar surface area (TPSA) is 64.8 Å². The van der Waals surface area contributed by atoms with E-state index < -0.39 is 18.3 Å². The van der Waals surface area contributed by atoms with Gasteiger partial charge in [-0.2, -0.15) is 0 Å². The highest BCUT2D eigenvalue weighted by molar-refractivity contribution is 6.62. The number of rotatable bonds is 4. The fraction of sp³-hybridized carbons (Fsp3) is 0.368. The molecule has 0 bridgehead atoms. The van der Waals surface area contributed by atoms with Crippen LogP contribution in [0.4, 0.5) is 17.1 Å². The zero-order valence-corrected chi connectivity index (χ0v) is 15.7. The summed E-state index contributed by atoms with van der Waals surface area (Å²) in [5, 5.41) is 11.5. The van der Waals surface area contributed by atoms with Gasteiger partial charge in [-0.1, -0.05) is 24.3 Å². The highest BCUT2D eigenvalue weighted by atomic mass is 16.7. The standard InChI is InChI=1S/C19H23BN2O4/c1-18(2)19(3,4)26-20(25-18)14-11-12-16(22(23)24)17(13-14)21(5)15-9-7-6-8-10-15/h6-13H,1-5H3. The summed E-state index contributed by atoms with van der Waals surface area (Å²) >= 11 is 0. The second-order valence-electron chi connectivity index (χ2n) is 7.49. The first-order valence-electron chi connectivity index (χ1n) is 8.55. The molecule has 0 N–H and O–H groups in total. The molecule has 0 spiro atoms. The fourth-order valence-corrected chi connectivity index (χ4v) is 2.88. The second kappa shape index (κ2) is 6.41. The minimum atomic E-state index is -0.566. The zero-order valence-electron chi connectivity index (χ0n) is 15.7. The summed E-state index contributed by atoms with van der Waals surface area (Å²) in [6.07, 6.45) is 0.